The number of hydrogen-bond donors (Lipinski definition) is 1. The van der Waals surface area contributed by atoms with Crippen LogP contribution >= 0.6 is 15.9 Å². The summed E-state index contributed by atoms with van der Waals surface area (Å²) in [5, 5.41) is 2.81. The molecule has 0 aliphatic carbocycles. The number of rotatable bonds is 6. The van der Waals surface area contributed by atoms with E-state index in [-0.39, 0.29) is 12.3 Å². The van der Waals surface area contributed by atoms with Gasteiger partial charge in [0, 0.05) is 4.47 Å². The van der Waals surface area contributed by atoms with Gasteiger partial charge in [0.05, 0.1) is 33.4 Å². The van der Waals surface area contributed by atoms with Crippen molar-refractivity contribution in [1.29, 1.82) is 0 Å². The smallest absolute Gasteiger partial charge is 0.204 e. The molecule has 0 atom stereocenters. The van der Waals surface area contributed by atoms with Gasteiger partial charge >= 0.3 is 0 Å². The molecule has 0 aliphatic heterocycles. The van der Waals surface area contributed by atoms with Gasteiger partial charge in [-0.25, -0.2) is 0 Å². The maximum Gasteiger partial charge on any atom is 0.204 e. The normalized spacial score (nSPS) is 10.1. The topological polar surface area (TPSA) is 56.8 Å². The number of methoxy groups -OCH3 is 3. The first-order valence-corrected chi connectivity index (χ1v) is 6.06. The van der Waals surface area contributed by atoms with Crippen LogP contribution in [0.2, 0.25) is 0 Å². The average molecular weight is 318 g/mol. The van der Waals surface area contributed by atoms with Crippen LogP contribution in [0.3, 0.4) is 0 Å². The summed E-state index contributed by atoms with van der Waals surface area (Å²) in [4.78, 5) is 12.0. The first kappa shape index (κ1) is 14.8. The third-order valence-electron chi connectivity index (χ3n) is 2.40. The van der Waals surface area contributed by atoms with Gasteiger partial charge in [0.25, 0.3) is 0 Å². The van der Waals surface area contributed by atoms with Crippen LogP contribution < -0.4 is 19.5 Å². The fourth-order valence-electron chi connectivity index (χ4n) is 1.64. The molecule has 1 rings (SSSR count). The Morgan fingerprint density at radius 1 is 1.22 bits per heavy atom. The summed E-state index contributed by atoms with van der Waals surface area (Å²) in [5.41, 5.74) is 0.435. The Kier molecular flexibility index (Phi) is 5.43. The van der Waals surface area contributed by atoms with E-state index in [4.69, 9.17) is 14.2 Å². The highest BCUT2D eigenvalue weighted by Crippen LogP contribution is 2.43. The molecule has 0 radical (unpaired) electrons. The van der Waals surface area contributed by atoms with Gasteiger partial charge in [-0.3, -0.25) is 4.79 Å². The molecule has 18 heavy (non-hydrogen) atoms. The number of halogens is 1. The molecule has 100 valence electrons. The lowest BCUT2D eigenvalue weighted by molar-refractivity contribution is 0.0989. The molecule has 0 unspecified atom stereocenters. The zero-order valence-electron chi connectivity index (χ0n) is 10.8. The quantitative estimate of drug-likeness (QED) is 0.812. The largest absolute Gasteiger partial charge is 0.493 e. The van der Waals surface area contributed by atoms with Crippen molar-refractivity contribution in [2.45, 2.75) is 0 Å². The average Bonchev–Trinajstić information content (AvgIpc) is 2.37. The van der Waals surface area contributed by atoms with E-state index in [0.717, 1.165) is 0 Å². The van der Waals surface area contributed by atoms with Crippen LogP contribution in [0.5, 0.6) is 17.2 Å². The van der Waals surface area contributed by atoms with Gasteiger partial charge in [0.15, 0.2) is 17.3 Å². The fourth-order valence-corrected chi connectivity index (χ4v) is 2.24. The summed E-state index contributed by atoms with van der Waals surface area (Å²) in [7, 11) is 6.22. The van der Waals surface area contributed by atoms with Crippen LogP contribution in [0, 0.1) is 0 Å². The van der Waals surface area contributed by atoms with E-state index in [1.165, 1.54) is 21.3 Å². The van der Waals surface area contributed by atoms with E-state index < -0.39 is 0 Å². The highest BCUT2D eigenvalue weighted by Gasteiger charge is 2.23. The molecule has 1 N–H and O–H groups in total. The number of carbonyl (C=O) groups is 1. The van der Waals surface area contributed by atoms with Crippen molar-refractivity contribution in [2.75, 3.05) is 34.9 Å². The second-order valence-corrected chi connectivity index (χ2v) is 4.31. The first-order valence-electron chi connectivity index (χ1n) is 5.26. The van der Waals surface area contributed by atoms with Crippen LogP contribution in [-0.4, -0.2) is 40.7 Å². The van der Waals surface area contributed by atoms with E-state index in [0.29, 0.717) is 27.3 Å². The summed E-state index contributed by atoms with van der Waals surface area (Å²) in [6, 6.07) is 1.68. The molecule has 0 amide bonds. The summed E-state index contributed by atoms with van der Waals surface area (Å²) >= 11 is 3.35. The van der Waals surface area contributed by atoms with Crippen LogP contribution in [0.4, 0.5) is 0 Å². The Labute approximate surface area is 115 Å². The van der Waals surface area contributed by atoms with Crippen molar-refractivity contribution in [3.05, 3.63) is 16.1 Å². The number of hydrogen-bond acceptors (Lipinski definition) is 5. The molecular formula is C12H16BrNO4. The third kappa shape index (κ3) is 2.76. The number of nitrogens with one attached hydrogen (secondary N) is 1. The highest BCUT2D eigenvalue weighted by molar-refractivity contribution is 9.10. The molecule has 0 aromatic heterocycles. The van der Waals surface area contributed by atoms with E-state index >= 15 is 0 Å². The fraction of sp³-hybridized carbons (Fsp3) is 0.417. The van der Waals surface area contributed by atoms with Gasteiger partial charge in [0.1, 0.15) is 0 Å². The monoisotopic (exact) mass is 317 g/mol. The van der Waals surface area contributed by atoms with Gasteiger partial charge in [-0.05, 0) is 29.0 Å². The summed E-state index contributed by atoms with van der Waals surface area (Å²) in [6.45, 7) is 0.213. The molecule has 5 nitrogen and oxygen atoms in total. The molecule has 0 fully saturated rings. The van der Waals surface area contributed by atoms with E-state index in [9.17, 15) is 4.79 Å². The van der Waals surface area contributed by atoms with Crippen LogP contribution in [0.1, 0.15) is 10.4 Å². The Morgan fingerprint density at radius 2 is 1.83 bits per heavy atom. The summed E-state index contributed by atoms with van der Waals surface area (Å²) in [6.07, 6.45) is 0. The minimum atomic E-state index is -0.0952. The van der Waals surface area contributed by atoms with Crippen molar-refractivity contribution in [1.82, 2.24) is 5.32 Å². The van der Waals surface area contributed by atoms with E-state index in [1.807, 2.05) is 0 Å². The first-order chi connectivity index (χ1) is 8.60. The molecule has 0 spiro atoms. The van der Waals surface area contributed by atoms with Crippen molar-refractivity contribution in [3.8, 4) is 17.2 Å². The van der Waals surface area contributed by atoms with Crippen LogP contribution in [-0.2, 0) is 0 Å². The zero-order chi connectivity index (χ0) is 13.7. The van der Waals surface area contributed by atoms with Gasteiger partial charge in [0.2, 0.25) is 5.75 Å². The predicted molar refractivity (Wildman–Crippen MR) is 72.1 cm³/mol. The number of carbonyl (C=O) groups excluding carboxylic acids is 1. The van der Waals surface area contributed by atoms with Crippen molar-refractivity contribution in [2.24, 2.45) is 0 Å². The standard InChI is InChI=1S/C12H16BrNO4/c1-14-6-8(15)10-7(13)5-9(16-2)11(17-3)12(10)18-4/h5,14H,6H2,1-4H3. The highest BCUT2D eigenvalue weighted by atomic mass is 79.9. The minimum absolute atomic E-state index is 0.0952. The zero-order valence-corrected chi connectivity index (χ0v) is 12.4. The minimum Gasteiger partial charge on any atom is -0.493 e. The molecule has 0 saturated heterocycles. The van der Waals surface area contributed by atoms with Crippen LogP contribution in [0.25, 0.3) is 0 Å². The maximum atomic E-state index is 12.0. The van der Waals surface area contributed by atoms with E-state index in [2.05, 4.69) is 21.2 Å². The molecule has 0 saturated carbocycles. The van der Waals surface area contributed by atoms with Gasteiger partial charge in [-0.1, -0.05) is 0 Å². The summed E-state index contributed by atoms with van der Waals surface area (Å²) < 4.78 is 16.3. The lowest BCUT2D eigenvalue weighted by Gasteiger charge is -2.16. The second kappa shape index (κ2) is 6.61. The molecule has 0 bridgehead atoms. The SMILES string of the molecule is CNCC(=O)c1c(Br)cc(OC)c(OC)c1OC. The Morgan fingerprint density at radius 3 is 2.28 bits per heavy atom. The number of likely N-dealkylation sites (N-methyl/N-ethyl adjacent to an activating group) is 1. The number of benzene rings is 1. The van der Waals surface area contributed by atoms with E-state index in [1.54, 1.807) is 13.1 Å². The second-order valence-electron chi connectivity index (χ2n) is 3.46. The molecule has 1 aromatic carbocycles. The van der Waals surface area contributed by atoms with Gasteiger partial charge in [-0.15, -0.1) is 0 Å². The molecule has 0 aliphatic rings. The number of ketones is 1. The Balaban J connectivity index is 3.45. The lowest BCUT2D eigenvalue weighted by atomic mass is 10.1. The summed E-state index contributed by atoms with van der Waals surface area (Å²) in [5.74, 6) is 1.18. The maximum absolute atomic E-state index is 12.0. The van der Waals surface area contributed by atoms with Gasteiger partial charge in [-0.2, -0.15) is 0 Å². The number of Topliss-reactive ketones (excluding diaryl/α,β-unsaturated/α-hetero) is 1. The van der Waals surface area contributed by atoms with Gasteiger partial charge < -0.3 is 19.5 Å². The Bertz CT molecular complexity index is 448. The van der Waals surface area contributed by atoms with Crippen molar-refractivity contribution >= 4 is 21.7 Å². The van der Waals surface area contributed by atoms with Crippen LogP contribution in [0.15, 0.2) is 10.5 Å². The van der Waals surface area contributed by atoms with Crippen molar-refractivity contribution in [3.63, 3.8) is 0 Å². The Hall–Kier alpha value is -1.27. The molecule has 0 heterocycles. The van der Waals surface area contributed by atoms with Crippen molar-refractivity contribution < 1.29 is 19.0 Å². The number of ether oxygens (including phenoxy) is 3. The molecular weight excluding hydrogens is 302 g/mol. The molecule has 1 aromatic rings. The predicted octanol–water partition coefficient (Wildman–Crippen LogP) is 1.88. The third-order valence-corrected chi connectivity index (χ3v) is 3.02. The lowest BCUT2D eigenvalue weighted by Crippen LogP contribution is -2.20. The molecule has 6 heteroatoms.